The molecule has 0 aromatic heterocycles. The van der Waals surface area contributed by atoms with Crippen molar-refractivity contribution < 1.29 is 23.8 Å². The molecule has 0 aromatic rings. The second kappa shape index (κ2) is 51.6. The van der Waals surface area contributed by atoms with Crippen LogP contribution >= 0.6 is 0 Å². The highest BCUT2D eigenvalue weighted by Gasteiger charge is 2.17. The molecule has 5 heteroatoms. The molecule has 0 saturated heterocycles. The van der Waals surface area contributed by atoms with Crippen molar-refractivity contribution in [3.05, 3.63) is 122 Å². The Balaban J connectivity index is 4.42. The largest absolute Gasteiger partial charge is 0.461 e. The Morgan fingerprint density at radius 2 is 0.774 bits per heavy atom. The first-order valence-electron chi connectivity index (χ1n) is 25.1. The fourth-order valence-corrected chi connectivity index (χ4v) is 6.37. The van der Waals surface area contributed by atoms with E-state index < -0.39 is 6.10 Å². The first-order valence-corrected chi connectivity index (χ1v) is 25.1. The normalized spacial score (nSPS) is 13.3. The lowest BCUT2D eigenvalue weighted by Crippen LogP contribution is -2.30. The molecule has 350 valence electrons. The van der Waals surface area contributed by atoms with Crippen LogP contribution < -0.4 is 0 Å². The minimum absolute atomic E-state index is 0.0147. The number of hydrogen-bond acceptors (Lipinski definition) is 5. The molecule has 0 rings (SSSR count). The fourth-order valence-electron chi connectivity index (χ4n) is 6.37. The monoisotopic (exact) mass is 857 g/mol. The Hall–Kier alpha value is -3.70. The second-order valence-corrected chi connectivity index (χ2v) is 16.0. The van der Waals surface area contributed by atoms with Crippen molar-refractivity contribution in [1.29, 1.82) is 0 Å². The molecule has 0 amide bonds. The lowest BCUT2D eigenvalue weighted by molar-refractivity contribution is -0.162. The number of rotatable bonds is 44. The van der Waals surface area contributed by atoms with Gasteiger partial charge >= 0.3 is 11.9 Å². The van der Waals surface area contributed by atoms with Crippen LogP contribution in [-0.4, -0.2) is 37.9 Å². The summed E-state index contributed by atoms with van der Waals surface area (Å²) in [5, 5.41) is 0. The van der Waals surface area contributed by atoms with Crippen LogP contribution in [0.5, 0.6) is 0 Å². The molecule has 1 atom stereocenters. The van der Waals surface area contributed by atoms with Crippen LogP contribution in [0.15, 0.2) is 122 Å². The lowest BCUT2D eigenvalue weighted by atomic mass is 10.1. The molecule has 0 spiro atoms. The standard InChI is InChI=1S/C57H92O5/c1-4-7-10-13-16-19-22-24-26-27-28-29-30-32-34-37-40-43-46-49-52-60-53-55(62-57(59)51-48-45-42-39-35-21-18-15-12-9-6-3)54-61-56(58)50-47-44-41-38-36-33-31-25-23-20-17-14-11-8-5-2/h7-8,10-11,16-17,19-20,24-26,28-29,31-32,34,36,38,44,47,55H,4-6,9,12-15,18,21-23,27,30,33,35,37,39-43,45-46,48-54H2,1-3H3/b10-7-,11-8-,19-16-,20-17-,26-24-,29-28-,31-25-,34-32-,38-36-,47-44-. The van der Waals surface area contributed by atoms with Gasteiger partial charge in [-0.05, 0) is 89.9 Å². The van der Waals surface area contributed by atoms with Crippen molar-refractivity contribution >= 4 is 11.9 Å². The summed E-state index contributed by atoms with van der Waals surface area (Å²) < 4.78 is 17.2. The summed E-state index contributed by atoms with van der Waals surface area (Å²) in [6.45, 7) is 7.41. The zero-order valence-corrected chi connectivity index (χ0v) is 40.1. The highest BCUT2D eigenvalue weighted by Crippen LogP contribution is 2.13. The van der Waals surface area contributed by atoms with Gasteiger partial charge in [0.15, 0.2) is 6.10 Å². The zero-order valence-electron chi connectivity index (χ0n) is 40.1. The third-order valence-corrected chi connectivity index (χ3v) is 10.0. The molecule has 0 heterocycles. The molecule has 62 heavy (non-hydrogen) atoms. The quantitative estimate of drug-likeness (QED) is 0.0347. The zero-order chi connectivity index (χ0) is 44.9. The number of hydrogen-bond donors (Lipinski definition) is 0. The smallest absolute Gasteiger partial charge is 0.309 e. The Morgan fingerprint density at radius 3 is 1.24 bits per heavy atom. The number of esters is 2. The van der Waals surface area contributed by atoms with Gasteiger partial charge in [-0.3, -0.25) is 9.59 Å². The SMILES string of the molecule is CC/C=C\C/C=C\C/C=C\C/C=C\C/C=C\CCCCCCOCC(COC(=O)C/C=C\C/C=C\C/C=C\C/C=C\C/C=C\CC)OC(=O)CCCCCCCCCCCCC. The number of allylic oxidation sites excluding steroid dienone is 19. The molecular formula is C57H92O5. The van der Waals surface area contributed by atoms with Crippen molar-refractivity contribution in [2.45, 2.75) is 207 Å². The van der Waals surface area contributed by atoms with Crippen LogP contribution in [0.25, 0.3) is 0 Å². The third-order valence-electron chi connectivity index (χ3n) is 10.0. The molecule has 0 fully saturated rings. The summed E-state index contributed by atoms with van der Waals surface area (Å²) in [6, 6.07) is 0. The summed E-state index contributed by atoms with van der Waals surface area (Å²) in [6.07, 6.45) is 72.3. The molecule has 1 unspecified atom stereocenters. The van der Waals surface area contributed by atoms with E-state index in [1.165, 1.54) is 51.4 Å². The summed E-state index contributed by atoms with van der Waals surface area (Å²) in [5.74, 6) is -0.566. The number of unbranched alkanes of at least 4 members (excludes halogenated alkanes) is 14. The van der Waals surface area contributed by atoms with E-state index in [9.17, 15) is 9.59 Å². The Labute approximate surface area is 382 Å². The van der Waals surface area contributed by atoms with E-state index in [-0.39, 0.29) is 31.6 Å². The van der Waals surface area contributed by atoms with Gasteiger partial charge in [-0.1, -0.05) is 219 Å². The molecule has 0 N–H and O–H groups in total. The van der Waals surface area contributed by atoms with Gasteiger partial charge in [0, 0.05) is 13.0 Å². The van der Waals surface area contributed by atoms with Gasteiger partial charge in [0.05, 0.1) is 13.0 Å². The summed E-state index contributed by atoms with van der Waals surface area (Å²) in [4.78, 5) is 25.3. The lowest BCUT2D eigenvalue weighted by Gasteiger charge is -2.18. The highest BCUT2D eigenvalue weighted by molar-refractivity contribution is 5.71. The van der Waals surface area contributed by atoms with E-state index >= 15 is 0 Å². The van der Waals surface area contributed by atoms with Gasteiger partial charge in [-0.2, -0.15) is 0 Å². The molecule has 0 aromatic carbocycles. The van der Waals surface area contributed by atoms with E-state index in [0.29, 0.717) is 13.0 Å². The van der Waals surface area contributed by atoms with Gasteiger partial charge in [0.2, 0.25) is 0 Å². The van der Waals surface area contributed by atoms with Crippen molar-refractivity contribution in [3.63, 3.8) is 0 Å². The van der Waals surface area contributed by atoms with E-state index in [1.54, 1.807) is 0 Å². The minimum Gasteiger partial charge on any atom is -0.461 e. The van der Waals surface area contributed by atoms with Crippen LogP contribution in [0.4, 0.5) is 0 Å². The molecule has 5 nitrogen and oxygen atoms in total. The van der Waals surface area contributed by atoms with Crippen molar-refractivity contribution in [1.82, 2.24) is 0 Å². The molecule has 0 aliphatic heterocycles. The van der Waals surface area contributed by atoms with Gasteiger partial charge in [-0.25, -0.2) is 0 Å². The Bertz CT molecular complexity index is 1290. The highest BCUT2D eigenvalue weighted by atomic mass is 16.6. The van der Waals surface area contributed by atoms with Gasteiger partial charge in [0.25, 0.3) is 0 Å². The molecule has 0 bridgehead atoms. The van der Waals surface area contributed by atoms with E-state index in [4.69, 9.17) is 14.2 Å². The molecule has 0 aliphatic rings. The van der Waals surface area contributed by atoms with Crippen LogP contribution in [0.3, 0.4) is 0 Å². The minimum atomic E-state index is -0.595. The second-order valence-electron chi connectivity index (χ2n) is 16.0. The van der Waals surface area contributed by atoms with Crippen LogP contribution in [0.2, 0.25) is 0 Å². The average molecular weight is 857 g/mol. The van der Waals surface area contributed by atoms with E-state index in [2.05, 4.69) is 130 Å². The summed E-state index contributed by atoms with van der Waals surface area (Å²) in [7, 11) is 0. The first kappa shape index (κ1) is 58.3. The third kappa shape index (κ3) is 49.0. The van der Waals surface area contributed by atoms with Crippen LogP contribution in [-0.2, 0) is 23.8 Å². The van der Waals surface area contributed by atoms with E-state index in [1.807, 2.05) is 12.2 Å². The van der Waals surface area contributed by atoms with Crippen molar-refractivity contribution in [2.75, 3.05) is 19.8 Å². The molecule has 0 aliphatic carbocycles. The maximum atomic E-state index is 12.8. The Kier molecular flexibility index (Phi) is 48.6. The van der Waals surface area contributed by atoms with Gasteiger partial charge in [-0.15, -0.1) is 0 Å². The van der Waals surface area contributed by atoms with Gasteiger partial charge < -0.3 is 14.2 Å². The number of carbonyl (C=O) groups is 2. The number of ether oxygens (including phenoxy) is 3. The van der Waals surface area contributed by atoms with Gasteiger partial charge in [0.1, 0.15) is 6.61 Å². The maximum absolute atomic E-state index is 12.8. The summed E-state index contributed by atoms with van der Waals surface area (Å²) >= 11 is 0. The topological polar surface area (TPSA) is 61.8 Å². The van der Waals surface area contributed by atoms with Crippen molar-refractivity contribution in [3.8, 4) is 0 Å². The van der Waals surface area contributed by atoms with E-state index in [0.717, 1.165) is 116 Å². The predicted molar refractivity (Wildman–Crippen MR) is 269 cm³/mol. The molecule has 0 radical (unpaired) electrons. The maximum Gasteiger partial charge on any atom is 0.309 e. The number of carbonyl (C=O) groups excluding carboxylic acids is 2. The summed E-state index contributed by atoms with van der Waals surface area (Å²) in [5.41, 5.74) is 0. The fraction of sp³-hybridized carbons (Fsp3) is 0.614. The van der Waals surface area contributed by atoms with Crippen LogP contribution in [0.1, 0.15) is 201 Å². The van der Waals surface area contributed by atoms with Crippen molar-refractivity contribution in [2.24, 2.45) is 0 Å². The molecular weight excluding hydrogens is 765 g/mol. The Morgan fingerprint density at radius 1 is 0.387 bits per heavy atom. The van der Waals surface area contributed by atoms with Crippen LogP contribution in [0, 0.1) is 0 Å². The first-order chi connectivity index (χ1) is 30.6. The molecule has 0 saturated carbocycles. The average Bonchev–Trinajstić information content (AvgIpc) is 3.27. The predicted octanol–water partition coefficient (Wildman–Crippen LogP) is 17.0.